The summed E-state index contributed by atoms with van der Waals surface area (Å²) in [6, 6.07) is 5.41. The summed E-state index contributed by atoms with van der Waals surface area (Å²) in [4.78, 5) is 12.3. The molecule has 0 aliphatic carbocycles. The maximum Gasteiger partial charge on any atom is 0.251 e. The van der Waals surface area contributed by atoms with E-state index in [2.05, 4.69) is 22.1 Å². The Morgan fingerprint density at radius 2 is 1.88 bits per heavy atom. The molecule has 0 fully saturated rings. The lowest BCUT2D eigenvalue weighted by Gasteiger charge is -2.14. The quantitative estimate of drug-likeness (QED) is 0.688. The number of benzene rings is 1. The number of carbonyl (C=O) groups excluding carboxylic acids is 1. The molecule has 0 atom stereocenters. The lowest BCUT2D eigenvalue weighted by molar-refractivity contribution is 0.0955. The number of ether oxygens (including phenoxy) is 3. The van der Waals surface area contributed by atoms with E-state index < -0.39 is 0 Å². The number of rotatable bonds is 9. The van der Waals surface area contributed by atoms with Crippen molar-refractivity contribution in [3.8, 4) is 17.2 Å². The second-order valence-corrected chi connectivity index (χ2v) is 6.74. The highest BCUT2D eigenvalue weighted by atomic mass is 32.2. The van der Waals surface area contributed by atoms with Crippen molar-refractivity contribution in [1.82, 2.24) is 5.32 Å². The van der Waals surface area contributed by atoms with Crippen LogP contribution in [0, 0.1) is 0 Å². The molecular weight excluding hydrogens is 346 g/mol. The number of carbonyl (C=O) groups is 1. The van der Waals surface area contributed by atoms with Crippen LogP contribution in [0.15, 0.2) is 29.0 Å². The van der Waals surface area contributed by atoms with Crippen LogP contribution >= 0.6 is 23.1 Å². The van der Waals surface area contributed by atoms with Crippen LogP contribution in [0.5, 0.6) is 17.2 Å². The molecule has 1 aromatic carbocycles. The van der Waals surface area contributed by atoms with Gasteiger partial charge >= 0.3 is 0 Å². The van der Waals surface area contributed by atoms with Gasteiger partial charge in [0.15, 0.2) is 11.5 Å². The Bertz CT molecular complexity index is 634. The van der Waals surface area contributed by atoms with Crippen molar-refractivity contribution in [2.75, 3.05) is 33.6 Å². The largest absolute Gasteiger partial charge is 0.493 e. The molecule has 0 saturated heterocycles. The first-order valence-corrected chi connectivity index (χ1v) is 9.46. The molecule has 1 heterocycles. The minimum atomic E-state index is -0.162. The van der Waals surface area contributed by atoms with E-state index in [0.29, 0.717) is 29.4 Å². The molecule has 7 heteroatoms. The summed E-state index contributed by atoms with van der Waals surface area (Å²) in [5.41, 5.74) is 1.80. The average Bonchev–Trinajstić information content (AvgIpc) is 3.13. The van der Waals surface area contributed by atoms with Crippen molar-refractivity contribution in [3.63, 3.8) is 0 Å². The Kier molecular flexibility index (Phi) is 7.27. The smallest absolute Gasteiger partial charge is 0.251 e. The predicted octanol–water partition coefficient (Wildman–Crippen LogP) is 3.44. The highest BCUT2D eigenvalue weighted by Crippen LogP contribution is 2.38. The molecule has 5 nitrogen and oxygen atoms in total. The summed E-state index contributed by atoms with van der Waals surface area (Å²) >= 11 is 3.49. The van der Waals surface area contributed by atoms with Crippen LogP contribution in [-0.2, 0) is 5.75 Å². The lowest BCUT2D eigenvalue weighted by Crippen LogP contribution is -2.25. The van der Waals surface area contributed by atoms with Crippen LogP contribution in [0.4, 0.5) is 0 Å². The molecule has 0 radical (unpaired) electrons. The third kappa shape index (κ3) is 4.82. The Morgan fingerprint density at radius 1 is 1.17 bits per heavy atom. The number of amides is 1. The second-order valence-electron chi connectivity index (χ2n) is 4.85. The standard InChI is InChI=1S/C17H21NO4S2/c1-20-14-8-13(9-15(21-2)16(14)22-3)17(19)18-5-7-24-11-12-4-6-23-10-12/h4,6,8-10H,5,7,11H2,1-3H3,(H,18,19). The molecule has 1 amide bonds. The SMILES string of the molecule is COc1cc(C(=O)NCCSCc2ccsc2)cc(OC)c1OC. The van der Waals surface area contributed by atoms with Gasteiger partial charge in [0.05, 0.1) is 21.3 Å². The van der Waals surface area contributed by atoms with E-state index in [4.69, 9.17) is 14.2 Å². The predicted molar refractivity (Wildman–Crippen MR) is 98.9 cm³/mol. The van der Waals surface area contributed by atoms with Gasteiger partial charge in [0.2, 0.25) is 5.75 Å². The molecule has 0 aliphatic rings. The monoisotopic (exact) mass is 367 g/mol. The number of nitrogens with one attached hydrogen (secondary N) is 1. The van der Waals surface area contributed by atoms with Gasteiger partial charge in [-0.3, -0.25) is 4.79 Å². The first kappa shape index (κ1) is 18.5. The summed E-state index contributed by atoms with van der Waals surface area (Å²) in [5, 5.41) is 7.12. The maximum atomic E-state index is 12.3. The first-order valence-electron chi connectivity index (χ1n) is 7.36. The number of thiophene rings is 1. The van der Waals surface area contributed by atoms with E-state index in [1.807, 2.05) is 0 Å². The summed E-state index contributed by atoms with van der Waals surface area (Å²) < 4.78 is 15.8. The number of hydrogen-bond donors (Lipinski definition) is 1. The van der Waals surface area contributed by atoms with Gasteiger partial charge in [-0.2, -0.15) is 23.1 Å². The minimum absolute atomic E-state index is 0.162. The molecule has 130 valence electrons. The highest BCUT2D eigenvalue weighted by molar-refractivity contribution is 7.98. The van der Waals surface area contributed by atoms with E-state index in [9.17, 15) is 4.79 Å². The lowest BCUT2D eigenvalue weighted by atomic mass is 10.1. The normalized spacial score (nSPS) is 10.3. The third-order valence-electron chi connectivity index (χ3n) is 3.31. The summed E-state index contributed by atoms with van der Waals surface area (Å²) in [5.74, 6) is 3.06. The van der Waals surface area contributed by atoms with E-state index in [1.54, 1.807) is 35.2 Å². The van der Waals surface area contributed by atoms with Crippen molar-refractivity contribution in [2.45, 2.75) is 5.75 Å². The van der Waals surface area contributed by atoms with Crippen molar-refractivity contribution in [3.05, 3.63) is 40.1 Å². The minimum Gasteiger partial charge on any atom is -0.493 e. The van der Waals surface area contributed by atoms with E-state index >= 15 is 0 Å². The molecule has 2 rings (SSSR count). The average molecular weight is 367 g/mol. The van der Waals surface area contributed by atoms with Crippen molar-refractivity contribution >= 4 is 29.0 Å². The fourth-order valence-electron chi connectivity index (χ4n) is 2.12. The summed E-state index contributed by atoms with van der Waals surface area (Å²) in [6.45, 7) is 0.601. The van der Waals surface area contributed by atoms with E-state index in [0.717, 1.165) is 11.5 Å². The zero-order valence-corrected chi connectivity index (χ0v) is 15.6. The molecule has 2 aromatic rings. The number of thioether (sulfide) groups is 1. The molecule has 0 unspecified atom stereocenters. The third-order valence-corrected chi connectivity index (χ3v) is 5.07. The van der Waals surface area contributed by atoms with Crippen molar-refractivity contribution < 1.29 is 19.0 Å². The number of methoxy groups -OCH3 is 3. The van der Waals surface area contributed by atoms with Gasteiger partial charge in [-0.15, -0.1) is 0 Å². The van der Waals surface area contributed by atoms with Crippen LogP contribution in [0.3, 0.4) is 0 Å². The van der Waals surface area contributed by atoms with Crippen LogP contribution in [0.1, 0.15) is 15.9 Å². The van der Waals surface area contributed by atoms with Crippen LogP contribution in [0.25, 0.3) is 0 Å². The van der Waals surface area contributed by atoms with Crippen molar-refractivity contribution in [1.29, 1.82) is 0 Å². The van der Waals surface area contributed by atoms with Gasteiger partial charge in [0.1, 0.15) is 0 Å². The van der Waals surface area contributed by atoms with Gasteiger partial charge in [-0.05, 0) is 34.5 Å². The van der Waals surface area contributed by atoms with E-state index in [1.165, 1.54) is 26.9 Å². The molecule has 0 saturated carbocycles. The highest BCUT2D eigenvalue weighted by Gasteiger charge is 2.16. The fourth-order valence-corrected chi connectivity index (χ4v) is 3.70. The molecule has 1 N–H and O–H groups in total. The fraction of sp³-hybridized carbons (Fsp3) is 0.353. The van der Waals surface area contributed by atoms with Gasteiger partial charge in [-0.25, -0.2) is 0 Å². The maximum absolute atomic E-state index is 12.3. The van der Waals surface area contributed by atoms with Crippen molar-refractivity contribution in [2.24, 2.45) is 0 Å². The molecule has 0 bridgehead atoms. The zero-order valence-electron chi connectivity index (χ0n) is 14.0. The molecule has 24 heavy (non-hydrogen) atoms. The van der Waals surface area contributed by atoms with E-state index in [-0.39, 0.29) is 5.91 Å². The van der Waals surface area contributed by atoms with Crippen LogP contribution < -0.4 is 19.5 Å². The molecule has 1 aromatic heterocycles. The summed E-state index contributed by atoms with van der Waals surface area (Å²) in [7, 11) is 4.59. The Labute approximate surface area is 150 Å². The second kappa shape index (κ2) is 9.44. The molecule has 0 aliphatic heterocycles. The van der Waals surface area contributed by atoms with Gasteiger partial charge in [0, 0.05) is 23.6 Å². The van der Waals surface area contributed by atoms with Gasteiger partial charge in [-0.1, -0.05) is 0 Å². The van der Waals surface area contributed by atoms with Crippen LogP contribution in [0.2, 0.25) is 0 Å². The van der Waals surface area contributed by atoms with Crippen LogP contribution in [-0.4, -0.2) is 39.5 Å². The van der Waals surface area contributed by atoms with Gasteiger partial charge in [0.25, 0.3) is 5.91 Å². The topological polar surface area (TPSA) is 56.8 Å². The molecule has 0 spiro atoms. The Morgan fingerprint density at radius 3 is 2.42 bits per heavy atom. The Balaban J connectivity index is 1.89. The summed E-state index contributed by atoms with van der Waals surface area (Å²) in [6.07, 6.45) is 0. The molecular formula is C17H21NO4S2. The number of hydrogen-bond acceptors (Lipinski definition) is 6. The zero-order chi connectivity index (χ0) is 17.4. The first-order chi connectivity index (χ1) is 11.7. The van der Waals surface area contributed by atoms with Gasteiger partial charge < -0.3 is 19.5 Å². The Hall–Kier alpha value is -1.86.